The molecule has 1 saturated heterocycles. The predicted octanol–water partition coefficient (Wildman–Crippen LogP) is 3.65. The summed E-state index contributed by atoms with van der Waals surface area (Å²) in [6.45, 7) is 4.29. The maximum atomic E-state index is 12.9. The predicted molar refractivity (Wildman–Crippen MR) is 86.4 cm³/mol. The SMILES string of the molecule is C=CC(=O)NC1CN(C2CCC(C(F)(F)F)CC2)C2CCCCC12. The number of halogens is 3. The number of alkyl halides is 3. The lowest BCUT2D eigenvalue weighted by Gasteiger charge is -2.40. The van der Waals surface area contributed by atoms with Gasteiger partial charge in [0.1, 0.15) is 0 Å². The van der Waals surface area contributed by atoms with Crippen molar-refractivity contribution in [1.82, 2.24) is 10.2 Å². The molecule has 1 aliphatic heterocycles. The summed E-state index contributed by atoms with van der Waals surface area (Å²) in [5, 5.41) is 3.05. The number of hydrogen-bond acceptors (Lipinski definition) is 2. The van der Waals surface area contributed by atoms with Crippen molar-refractivity contribution < 1.29 is 18.0 Å². The van der Waals surface area contributed by atoms with E-state index in [1.165, 1.54) is 18.9 Å². The maximum absolute atomic E-state index is 12.9. The Morgan fingerprint density at radius 2 is 1.75 bits per heavy atom. The minimum atomic E-state index is -4.05. The molecule has 0 aromatic rings. The summed E-state index contributed by atoms with van der Waals surface area (Å²) in [6, 6.07) is 0.766. The molecule has 3 aliphatic rings. The van der Waals surface area contributed by atoms with Crippen LogP contribution in [0.3, 0.4) is 0 Å². The average molecular weight is 344 g/mol. The lowest BCUT2D eigenvalue weighted by Crippen LogP contribution is -2.44. The van der Waals surface area contributed by atoms with Crippen molar-refractivity contribution in [1.29, 1.82) is 0 Å². The van der Waals surface area contributed by atoms with Gasteiger partial charge >= 0.3 is 6.18 Å². The number of rotatable bonds is 3. The zero-order chi connectivity index (χ0) is 17.3. The number of fused-ring (bicyclic) bond motifs is 1. The molecular weight excluding hydrogens is 317 g/mol. The smallest absolute Gasteiger partial charge is 0.348 e. The first-order chi connectivity index (χ1) is 11.4. The molecule has 1 N–H and O–H groups in total. The highest BCUT2D eigenvalue weighted by Crippen LogP contribution is 2.43. The fraction of sp³-hybridized carbons (Fsp3) is 0.833. The Labute approximate surface area is 141 Å². The van der Waals surface area contributed by atoms with Gasteiger partial charge in [-0.05, 0) is 50.5 Å². The van der Waals surface area contributed by atoms with E-state index in [1.54, 1.807) is 0 Å². The highest BCUT2D eigenvalue weighted by molar-refractivity contribution is 5.87. The second-order valence-corrected chi connectivity index (χ2v) is 7.58. The van der Waals surface area contributed by atoms with Gasteiger partial charge in [-0.25, -0.2) is 0 Å². The Bertz CT molecular complexity index is 471. The topological polar surface area (TPSA) is 32.3 Å². The maximum Gasteiger partial charge on any atom is 0.391 e. The van der Waals surface area contributed by atoms with Crippen LogP contribution in [0.5, 0.6) is 0 Å². The van der Waals surface area contributed by atoms with E-state index in [9.17, 15) is 18.0 Å². The molecule has 0 bridgehead atoms. The summed E-state index contributed by atoms with van der Waals surface area (Å²) in [6.07, 6.45) is 3.53. The van der Waals surface area contributed by atoms with Gasteiger partial charge in [0.2, 0.25) is 5.91 Å². The van der Waals surface area contributed by atoms with Crippen LogP contribution in [0.25, 0.3) is 0 Å². The van der Waals surface area contributed by atoms with Crippen molar-refractivity contribution in [2.45, 2.75) is 75.7 Å². The largest absolute Gasteiger partial charge is 0.391 e. The summed E-state index contributed by atoms with van der Waals surface area (Å²) in [5.41, 5.74) is 0. The number of carbonyl (C=O) groups is 1. The number of likely N-dealkylation sites (tertiary alicyclic amines) is 1. The molecule has 0 radical (unpaired) electrons. The van der Waals surface area contributed by atoms with Crippen LogP contribution in [0.4, 0.5) is 13.2 Å². The van der Waals surface area contributed by atoms with Crippen molar-refractivity contribution >= 4 is 5.91 Å². The lowest BCUT2D eigenvalue weighted by molar-refractivity contribution is -0.184. The number of nitrogens with zero attached hydrogens (tertiary/aromatic N) is 1. The number of hydrogen-bond donors (Lipinski definition) is 1. The number of carbonyl (C=O) groups excluding carboxylic acids is 1. The van der Waals surface area contributed by atoms with Crippen LogP contribution in [-0.2, 0) is 4.79 Å². The van der Waals surface area contributed by atoms with E-state index in [4.69, 9.17) is 0 Å². The van der Waals surface area contributed by atoms with Crippen LogP contribution in [-0.4, -0.2) is 41.7 Å². The van der Waals surface area contributed by atoms with Gasteiger partial charge in [0, 0.05) is 24.7 Å². The Hall–Kier alpha value is -1.04. The fourth-order valence-electron chi connectivity index (χ4n) is 5.07. The summed E-state index contributed by atoms with van der Waals surface area (Å²) >= 11 is 0. The second-order valence-electron chi connectivity index (χ2n) is 7.58. The van der Waals surface area contributed by atoms with Crippen molar-refractivity contribution in [3.8, 4) is 0 Å². The monoisotopic (exact) mass is 344 g/mol. The molecule has 1 amide bonds. The van der Waals surface area contributed by atoms with Crippen molar-refractivity contribution in [2.24, 2.45) is 11.8 Å². The van der Waals surface area contributed by atoms with Gasteiger partial charge in [-0.1, -0.05) is 19.4 Å². The van der Waals surface area contributed by atoms with Gasteiger partial charge < -0.3 is 5.32 Å². The molecule has 2 aliphatic carbocycles. The van der Waals surface area contributed by atoms with Gasteiger partial charge in [-0.2, -0.15) is 13.2 Å². The first kappa shape index (κ1) is 17.8. The van der Waals surface area contributed by atoms with Crippen molar-refractivity contribution in [3.63, 3.8) is 0 Å². The van der Waals surface area contributed by atoms with E-state index in [-0.39, 0.29) is 30.8 Å². The van der Waals surface area contributed by atoms with Crippen molar-refractivity contribution in [2.75, 3.05) is 6.54 Å². The molecule has 2 saturated carbocycles. The van der Waals surface area contributed by atoms with E-state index < -0.39 is 12.1 Å². The summed E-state index contributed by atoms with van der Waals surface area (Å²) in [5.74, 6) is -0.843. The molecule has 6 heteroatoms. The highest BCUT2D eigenvalue weighted by atomic mass is 19.4. The second kappa shape index (κ2) is 7.06. The van der Waals surface area contributed by atoms with E-state index in [0.717, 1.165) is 19.4 Å². The lowest BCUT2D eigenvalue weighted by atomic mass is 9.81. The quantitative estimate of drug-likeness (QED) is 0.793. The molecular formula is C18H27F3N2O. The normalized spacial score (nSPS) is 37.7. The third-order valence-corrected chi connectivity index (χ3v) is 6.27. The van der Waals surface area contributed by atoms with Crippen LogP contribution in [0, 0.1) is 11.8 Å². The Morgan fingerprint density at radius 3 is 2.38 bits per heavy atom. The van der Waals surface area contributed by atoms with Gasteiger partial charge in [0.25, 0.3) is 0 Å². The first-order valence-electron chi connectivity index (χ1n) is 9.15. The summed E-state index contributed by atoms with van der Waals surface area (Å²) in [7, 11) is 0. The van der Waals surface area contributed by atoms with Gasteiger partial charge in [-0.3, -0.25) is 9.69 Å². The molecule has 136 valence electrons. The minimum Gasteiger partial charge on any atom is -0.348 e. The molecule has 24 heavy (non-hydrogen) atoms. The van der Waals surface area contributed by atoms with Gasteiger partial charge in [-0.15, -0.1) is 0 Å². The molecule has 0 aromatic heterocycles. The Morgan fingerprint density at radius 1 is 1.08 bits per heavy atom. The van der Waals surface area contributed by atoms with Crippen LogP contribution in [0.2, 0.25) is 0 Å². The zero-order valence-electron chi connectivity index (χ0n) is 14.0. The third kappa shape index (κ3) is 3.63. The van der Waals surface area contributed by atoms with Crippen LogP contribution >= 0.6 is 0 Å². The standard InChI is InChI=1S/C18H27F3N2O/c1-2-17(24)22-15-11-23(16-6-4-3-5-14(15)16)13-9-7-12(8-10-13)18(19,20)21/h2,12-16H,1,3-11H2,(H,22,24). The zero-order valence-corrected chi connectivity index (χ0v) is 14.0. The average Bonchev–Trinajstić information content (AvgIpc) is 2.93. The van der Waals surface area contributed by atoms with Gasteiger partial charge in [0.05, 0.1) is 5.92 Å². The molecule has 3 rings (SSSR count). The summed E-state index contributed by atoms with van der Waals surface area (Å²) < 4.78 is 38.7. The first-order valence-corrected chi connectivity index (χ1v) is 9.15. The minimum absolute atomic E-state index is 0.112. The Balaban J connectivity index is 1.65. The Kier molecular flexibility index (Phi) is 5.23. The molecule has 1 heterocycles. The molecule has 3 nitrogen and oxygen atoms in total. The molecule has 3 atom stereocenters. The van der Waals surface area contributed by atoms with Crippen molar-refractivity contribution in [3.05, 3.63) is 12.7 Å². The van der Waals surface area contributed by atoms with E-state index >= 15 is 0 Å². The van der Waals surface area contributed by atoms with Crippen LogP contribution in [0.15, 0.2) is 12.7 Å². The fourth-order valence-corrected chi connectivity index (χ4v) is 5.07. The third-order valence-electron chi connectivity index (χ3n) is 6.27. The van der Waals surface area contributed by atoms with Crippen LogP contribution in [0.1, 0.15) is 51.4 Å². The molecule has 3 unspecified atom stereocenters. The summed E-state index contributed by atoms with van der Waals surface area (Å²) in [4.78, 5) is 14.1. The van der Waals surface area contributed by atoms with E-state index in [1.807, 2.05) is 0 Å². The molecule has 0 aromatic carbocycles. The number of nitrogens with one attached hydrogen (secondary N) is 1. The van der Waals surface area contributed by atoms with E-state index in [2.05, 4.69) is 16.8 Å². The molecule has 3 fully saturated rings. The molecule has 0 spiro atoms. The number of amides is 1. The van der Waals surface area contributed by atoms with E-state index in [0.29, 0.717) is 24.8 Å². The van der Waals surface area contributed by atoms with Gasteiger partial charge in [0.15, 0.2) is 0 Å². The van der Waals surface area contributed by atoms with Crippen LogP contribution < -0.4 is 5.32 Å². The highest BCUT2D eigenvalue weighted by Gasteiger charge is 2.48.